The number of hydrogen-bond donors (Lipinski definition) is 3. The van der Waals surface area contributed by atoms with Gasteiger partial charge in [-0.25, -0.2) is 4.98 Å². The van der Waals surface area contributed by atoms with E-state index in [4.69, 9.17) is 4.74 Å². The van der Waals surface area contributed by atoms with Gasteiger partial charge in [-0.3, -0.25) is 4.79 Å². The molecular formula is C22H29N3O3. The van der Waals surface area contributed by atoms with Crippen LogP contribution in [-0.2, 0) is 6.42 Å². The SMILES string of the molecule is COc1ccc(CCCNC(=O)c2ccc(NC3CCC(O)CC3)nc2)cc1. The highest BCUT2D eigenvalue weighted by atomic mass is 16.5. The lowest BCUT2D eigenvalue weighted by atomic mass is 9.93. The molecule has 0 bridgehead atoms. The first-order valence-corrected chi connectivity index (χ1v) is 9.96. The Kier molecular flexibility index (Phi) is 7.25. The number of methoxy groups -OCH3 is 1. The fourth-order valence-corrected chi connectivity index (χ4v) is 3.43. The first-order valence-electron chi connectivity index (χ1n) is 9.96. The van der Waals surface area contributed by atoms with Crippen molar-refractivity contribution in [3.8, 4) is 5.75 Å². The summed E-state index contributed by atoms with van der Waals surface area (Å²) < 4.78 is 5.15. The van der Waals surface area contributed by atoms with Gasteiger partial charge in [0.15, 0.2) is 0 Å². The van der Waals surface area contributed by atoms with E-state index in [0.717, 1.165) is 50.1 Å². The topological polar surface area (TPSA) is 83.5 Å². The first-order chi connectivity index (χ1) is 13.6. The molecule has 6 heteroatoms. The van der Waals surface area contributed by atoms with Crippen molar-refractivity contribution in [2.45, 2.75) is 50.7 Å². The van der Waals surface area contributed by atoms with E-state index in [9.17, 15) is 9.90 Å². The maximum atomic E-state index is 12.3. The number of aliphatic hydroxyl groups excluding tert-OH is 1. The number of carbonyl (C=O) groups is 1. The molecule has 1 amide bonds. The molecule has 0 spiro atoms. The lowest BCUT2D eigenvalue weighted by Gasteiger charge is -2.26. The zero-order valence-electron chi connectivity index (χ0n) is 16.4. The van der Waals surface area contributed by atoms with Crippen LogP contribution in [0.3, 0.4) is 0 Å². The average Bonchev–Trinajstić information content (AvgIpc) is 2.73. The number of carbonyl (C=O) groups excluding carboxylic acids is 1. The Morgan fingerprint density at radius 1 is 1.14 bits per heavy atom. The van der Waals surface area contributed by atoms with Crippen molar-refractivity contribution in [1.29, 1.82) is 0 Å². The number of aromatic nitrogens is 1. The molecule has 2 aromatic rings. The lowest BCUT2D eigenvalue weighted by Crippen LogP contribution is -2.28. The number of nitrogens with zero attached hydrogens (tertiary/aromatic N) is 1. The maximum Gasteiger partial charge on any atom is 0.252 e. The van der Waals surface area contributed by atoms with Crippen LogP contribution in [0.2, 0.25) is 0 Å². The van der Waals surface area contributed by atoms with Crippen molar-refractivity contribution in [3.05, 3.63) is 53.7 Å². The van der Waals surface area contributed by atoms with E-state index in [0.29, 0.717) is 18.2 Å². The van der Waals surface area contributed by atoms with E-state index in [-0.39, 0.29) is 12.0 Å². The molecule has 1 fully saturated rings. The minimum atomic E-state index is -0.165. The smallest absolute Gasteiger partial charge is 0.252 e. The quantitative estimate of drug-likeness (QED) is 0.610. The molecular weight excluding hydrogens is 354 g/mol. The molecule has 1 aliphatic rings. The summed E-state index contributed by atoms with van der Waals surface area (Å²) in [5.41, 5.74) is 1.79. The van der Waals surface area contributed by atoms with Crippen LogP contribution in [-0.4, -0.2) is 41.8 Å². The van der Waals surface area contributed by atoms with Crippen molar-refractivity contribution in [2.24, 2.45) is 0 Å². The van der Waals surface area contributed by atoms with Crippen LogP contribution in [0.15, 0.2) is 42.6 Å². The second-order valence-electron chi connectivity index (χ2n) is 7.29. The first kappa shape index (κ1) is 20.1. The van der Waals surface area contributed by atoms with Gasteiger partial charge in [-0.15, -0.1) is 0 Å². The number of rotatable bonds is 8. The van der Waals surface area contributed by atoms with Gasteiger partial charge in [0, 0.05) is 18.8 Å². The number of ether oxygens (including phenoxy) is 1. The summed E-state index contributed by atoms with van der Waals surface area (Å²) in [6, 6.07) is 12.0. The molecule has 1 aliphatic carbocycles. The number of nitrogens with one attached hydrogen (secondary N) is 2. The molecule has 0 unspecified atom stereocenters. The van der Waals surface area contributed by atoms with E-state index in [1.807, 2.05) is 30.3 Å². The summed E-state index contributed by atoms with van der Waals surface area (Å²) in [6.07, 6.45) is 6.77. The second kappa shape index (κ2) is 10.1. The predicted octanol–water partition coefficient (Wildman–Crippen LogP) is 3.17. The van der Waals surface area contributed by atoms with Gasteiger partial charge < -0.3 is 20.5 Å². The highest BCUT2D eigenvalue weighted by Crippen LogP contribution is 2.21. The van der Waals surface area contributed by atoms with Crippen LogP contribution in [0.1, 0.15) is 48.0 Å². The van der Waals surface area contributed by atoms with Gasteiger partial charge in [0.25, 0.3) is 5.91 Å². The molecule has 0 aliphatic heterocycles. The van der Waals surface area contributed by atoms with Crippen LogP contribution in [0.5, 0.6) is 5.75 Å². The molecule has 0 radical (unpaired) electrons. The Hall–Kier alpha value is -2.60. The van der Waals surface area contributed by atoms with E-state index in [1.165, 1.54) is 5.56 Å². The minimum absolute atomic E-state index is 0.102. The van der Waals surface area contributed by atoms with Crippen LogP contribution in [0.25, 0.3) is 0 Å². The van der Waals surface area contributed by atoms with Gasteiger partial charge in [-0.1, -0.05) is 12.1 Å². The third kappa shape index (κ3) is 5.96. The van der Waals surface area contributed by atoms with Crippen LogP contribution in [0.4, 0.5) is 5.82 Å². The maximum absolute atomic E-state index is 12.3. The van der Waals surface area contributed by atoms with Gasteiger partial charge in [0.05, 0.1) is 18.8 Å². The minimum Gasteiger partial charge on any atom is -0.497 e. The molecule has 0 atom stereocenters. The number of hydrogen-bond acceptors (Lipinski definition) is 5. The van der Waals surface area contributed by atoms with Crippen LogP contribution < -0.4 is 15.4 Å². The fourth-order valence-electron chi connectivity index (χ4n) is 3.43. The molecule has 1 aromatic carbocycles. The highest BCUT2D eigenvalue weighted by Gasteiger charge is 2.19. The van der Waals surface area contributed by atoms with Crippen LogP contribution in [0, 0.1) is 0 Å². The van der Waals surface area contributed by atoms with Crippen molar-refractivity contribution < 1.29 is 14.6 Å². The number of amides is 1. The second-order valence-corrected chi connectivity index (χ2v) is 7.29. The van der Waals surface area contributed by atoms with E-state index in [1.54, 1.807) is 19.4 Å². The van der Waals surface area contributed by atoms with Gasteiger partial charge in [0.2, 0.25) is 0 Å². The molecule has 3 N–H and O–H groups in total. The monoisotopic (exact) mass is 383 g/mol. The van der Waals surface area contributed by atoms with Gasteiger partial charge in [-0.2, -0.15) is 0 Å². The highest BCUT2D eigenvalue weighted by molar-refractivity contribution is 5.94. The summed E-state index contributed by atoms with van der Waals surface area (Å²) in [4.78, 5) is 16.6. The number of anilines is 1. The Balaban J connectivity index is 1.39. The van der Waals surface area contributed by atoms with Gasteiger partial charge in [0.1, 0.15) is 11.6 Å². The van der Waals surface area contributed by atoms with Crippen molar-refractivity contribution in [3.63, 3.8) is 0 Å². The van der Waals surface area contributed by atoms with Crippen molar-refractivity contribution in [1.82, 2.24) is 10.3 Å². The number of pyridine rings is 1. The third-order valence-electron chi connectivity index (χ3n) is 5.16. The largest absolute Gasteiger partial charge is 0.497 e. The zero-order valence-corrected chi connectivity index (χ0v) is 16.4. The molecule has 0 saturated heterocycles. The zero-order chi connectivity index (χ0) is 19.8. The fraction of sp³-hybridized carbons (Fsp3) is 0.455. The van der Waals surface area contributed by atoms with Gasteiger partial charge in [-0.05, 0) is 68.4 Å². The molecule has 3 rings (SSSR count). The predicted molar refractivity (Wildman–Crippen MR) is 110 cm³/mol. The number of benzene rings is 1. The van der Waals surface area contributed by atoms with E-state index < -0.39 is 0 Å². The average molecular weight is 383 g/mol. The summed E-state index contributed by atoms with van der Waals surface area (Å²) in [6.45, 7) is 0.620. The molecule has 1 saturated carbocycles. The van der Waals surface area contributed by atoms with E-state index in [2.05, 4.69) is 15.6 Å². The molecule has 6 nitrogen and oxygen atoms in total. The molecule has 1 aromatic heterocycles. The molecule has 1 heterocycles. The normalized spacial score (nSPS) is 19.1. The summed E-state index contributed by atoms with van der Waals surface area (Å²) in [5.74, 6) is 1.52. The number of aliphatic hydroxyl groups is 1. The Bertz CT molecular complexity index is 739. The molecule has 28 heavy (non-hydrogen) atoms. The van der Waals surface area contributed by atoms with Gasteiger partial charge >= 0.3 is 0 Å². The molecule has 150 valence electrons. The summed E-state index contributed by atoms with van der Waals surface area (Å²) in [5, 5.41) is 15.9. The Morgan fingerprint density at radius 3 is 2.54 bits per heavy atom. The summed E-state index contributed by atoms with van der Waals surface area (Å²) >= 11 is 0. The summed E-state index contributed by atoms with van der Waals surface area (Å²) in [7, 11) is 1.66. The third-order valence-corrected chi connectivity index (χ3v) is 5.16. The Labute approximate surface area is 166 Å². The van der Waals surface area contributed by atoms with Crippen LogP contribution >= 0.6 is 0 Å². The van der Waals surface area contributed by atoms with E-state index >= 15 is 0 Å². The van der Waals surface area contributed by atoms with Crippen molar-refractivity contribution in [2.75, 3.05) is 19.0 Å². The lowest BCUT2D eigenvalue weighted by molar-refractivity contribution is 0.0953. The standard InChI is InChI=1S/C22H29N3O3/c1-28-20-11-4-16(5-12-20)3-2-14-23-22(27)17-6-13-21(24-15-17)25-18-7-9-19(26)10-8-18/h4-6,11-13,15,18-19,26H,2-3,7-10,14H2,1H3,(H,23,27)(H,24,25). The Morgan fingerprint density at radius 2 is 1.89 bits per heavy atom. The number of aryl methyl sites for hydroxylation is 1. The van der Waals surface area contributed by atoms with Crippen molar-refractivity contribution >= 4 is 11.7 Å².